The predicted molar refractivity (Wildman–Crippen MR) is 80.4 cm³/mol. The van der Waals surface area contributed by atoms with Crippen LogP contribution in [-0.4, -0.2) is 24.2 Å². The Hall–Kier alpha value is -1.00. The number of carbonyl (C=O) groups excluding carboxylic acids is 1. The molecule has 0 radical (unpaired) electrons. The summed E-state index contributed by atoms with van der Waals surface area (Å²) in [7, 11) is 0. The van der Waals surface area contributed by atoms with E-state index in [1.165, 1.54) is 10.5 Å². The highest BCUT2D eigenvalue weighted by molar-refractivity contribution is 7.99. The normalized spacial score (nSPS) is 22.1. The Morgan fingerprint density at radius 1 is 1.42 bits per heavy atom. The predicted octanol–water partition coefficient (Wildman–Crippen LogP) is 2.58. The van der Waals surface area contributed by atoms with Gasteiger partial charge in [-0.2, -0.15) is 0 Å². The van der Waals surface area contributed by atoms with Crippen LogP contribution < -0.4 is 10.6 Å². The Balaban J connectivity index is 2.01. The first-order valence-electron chi connectivity index (χ1n) is 6.82. The highest BCUT2D eigenvalue weighted by atomic mass is 32.2. The van der Waals surface area contributed by atoms with Gasteiger partial charge in [0.25, 0.3) is 0 Å². The van der Waals surface area contributed by atoms with Crippen LogP contribution in [0.4, 0.5) is 0 Å². The molecule has 104 valence electrons. The summed E-state index contributed by atoms with van der Waals surface area (Å²) in [4.78, 5) is 13.1. The fourth-order valence-corrected chi connectivity index (χ4v) is 3.55. The van der Waals surface area contributed by atoms with Crippen LogP contribution in [0.3, 0.4) is 0 Å². The number of carbonyl (C=O) groups is 1. The number of thioether (sulfide) groups is 1. The number of benzene rings is 1. The van der Waals surface area contributed by atoms with Crippen molar-refractivity contribution in [1.29, 1.82) is 0 Å². The van der Waals surface area contributed by atoms with E-state index in [0.29, 0.717) is 12.5 Å². The van der Waals surface area contributed by atoms with Gasteiger partial charge in [0, 0.05) is 22.7 Å². The topological polar surface area (TPSA) is 41.1 Å². The molecule has 19 heavy (non-hydrogen) atoms. The molecule has 0 unspecified atom stereocenters. The molecule has 4 heteroatoms. The van der Waals surface area contributed by atoms with Gasteiger partial charge >= 0.3 is 0 Å². The molecule has 2 rings (SSSR count). The summed E-state index contributed by atoms with van der Waals surface area (Å²) in [5.41, 5.74) is 1.32. The second kappa shape index (κ2) is 6.44. The zero-order valence-corrected chi connectivity index (χ0v) is 12.6. The van der Waals surface area contributed by atoms with Crippen molar-refractivity contribution < 1.29 is 4.79 Å². The lowest BCUT2D eigenvalue weighted by atomic mass is 9.95. The van der Waals surface area contributed by atoms with Crippen LogP contribution in [0.5, 0.6) is 0 Å². The maximum absolute atomic E-state index is 11.7. The second-order valence-corrected chi connectivity index (χ2v) is 6.47. The van der Waals surface area contributed by atoms with Gasteiger partial charge in [-0.25, -0.2) is 0 Å². The van der Waals surface area contributed by atoms with Gasteiger partial charge < -0.3 is 10.6 Å². The van der Waals surface area contributed by atoms with Gasteiger partial charge in [-0.1, -0.05) is 25.1 Å². The molecule has 1 aliphatic rings. The molecule has 1 amide bonds. The van der Waals surface area contributed by atoms with E-state index in [9.17, 15) is 4.79 Å². The smallest absolute Gasteiger partial charge is 0.234 e. The fourth-order valence-electron chi connectivity index (χ4n) is 2.38. The molecule has 0 saturated carbocycles. The lowest BCUT2D eigenvalue weighted by Crippen LogP contribution is -2.41. The third-order valence-corrected chi connectivity index (χ3v) is 4.63. The standard InChI is InChI=1S/C15H22N2OS/c1-10(2)17-14(18)8-16-15-11(3)9-19-13-7-5-4-6-12(13)15/h4-7,10-11,15-16H,8-9H2,1-3H3,(H,17,18)/t11-,15+/m0/s1. The SMILES string of the molecule is CC(C)NC(=O)CN[C@H]1c2ccccc2SC[C@@H]1C. The number of hydrogen-bond donors (Lipinski definition) is 2. The fraction of sp³-hybridized carbons (Fsp3) is 0.533. The summed E-state index contributed by atoms with van der Waals surface area (Å²) in [6, 6.07) is 8.94. The van der Waals surface area contributed by atoms with Crippen molar-refractivity contribution in [2.24, 2.45) is 5.92 Å². The minimum absolute atomic E-state index is 0.0675. The van der Waals surface area contributed by atoms with Crippen molar-refractivity contribution in [3.8, 4) is 0 Å². The molecule has 0 fully saturated rings. The zero-order chi connectivity index (χ0) is 13.8. The average molecular weight is 278 g/mol. The van der Waals surface area contributed by atoms with Crippen molar-refractivity contribution in [2.75, 3.05) is 12.3 Å². The number of amides is 1. The van der Waals surface area contributed by atoms with Crippen molar-refractivity contribution in [3.05, 3.63) is 29.8 Å². The monoisotopic (exact) mass is 278 g/mol. The zero-order valence-electron chi connectivity index (χ0n) is 11.8. The molecule has 2 N–H and O–H groups in total. The minimum atomic E-state index is 0.0675. The maximum atomic E-state index is 11.7. The van der Waals surface area contributed by atoms with Gasteiger partial charge in [0.05, 0.1) is 6.54 Å². The number of hydrogen-bond acceptors (Lipinski definition) is 3. The second-order valence-electron chi connectivity index (χ2n) is 5.41. The van der Waals surface area contributed by atoms with Gasteiger partial charge in [0.15, 0.2) is 0 Å². The highest BCUT2D eigenvalue weighted by Crippen LogP contribution is 2.39. The Labute approximate surface area is 119 Å². The first-order chi connectivity index (χ1) is 9.08. The Kier molecular flexibility index (Phi) is 4.88. The molecule has 1 aromatic carbocycles. The molecular formula is C15H22N2OS. The molecule has 1 aromatic rings. The molecule has 2 atom stereocenters. The van der Waals surface area contributed by atoms with Gasteiger partial charge in [-0.05, 0) is 31.4 Å². The van der Waals surface area contributed by atoms with E-state index in [1.54, 1.807) is 0 Å². The number of nitrogens with one attached hydrogen (secondary N) is 2. The van der Waals surface area contributed by atoms with E-state index < -0.39 is 0 Å². The molecule has 0 bridgehead atoms. The van der Waals surface area contributed by atoms with E-state index in [0.717, 1.165) is 5.75 Å². The highest BCUT2D eigenvalue weighted by Gasteiger charge is 2.26. The maximum Gasteiger partial charge on any atom is 0.234 e. The van der Waals surface area contributed by atoms with Crippen LogP contribution in [0.15, 0.2) is 29.2 Å². The molecule has 0 aliphatic carbocycles. The average Bonchev–Trinajstić information content (AvgIpc) is 2.36. The Morgan fingerprint density at radius 2 is 2.16 bits per heavy atom. The third kappa shape index (κ3) is 3.74. The van der Waals surface area contributed by atoms with Crippen LogP contribution in [0.2, 0.25) is 0 Å². The van der Waals surface area contributed by atoms with Crippen molar-refractivity contribution in [3.63, 3.8) is 0 Å². The lowest BCUT2D eigenvalue weighted by molar-refractivity contribution is -0.120. The molecule has 1 heterocycles. The van der Waals surface area contributed by atoms with Crippen LogP contribution in [0.1, 0.15) is 32.4 Å². The number of rotatable bonds is 4. The third-order valence-electron chi connectivity index (χ3n) is 3.26. The minimum Gasteiger partial charge on any atom is -0.353 e. The first kappa shape index (κ1) is 14.4. The summed E-state index contributed by atoms with van der Waals surface area (Å²) in [5, 5.41) is 6.32. The van der Waals surface area contributed by atoms with Crippen molar-refractivity contribution >= 4 is 17.7 Å². The Bertz CT molecular complexity index is 448. The van der Waals surface area contributed by atoms with Gasteiger partial charge in [0.1, 0.15) is 0 Å². The molecule has 0 spiro atoms. The summed E-state index contributed by atoms with van der Waals surface area (Å²) in [6.45, 7) is 6.58. The number of fused-ring (bicyclic) bond motifs is 1. The van der Waals surface area contributed by atoms with E-state index in [1.807, 2.05) is 25.6 Å². The van der Waals surface area contributed by atoms with Crippen molar-refractivity contribution in [1.82, 2.24) is 10.6 Å². The van der Waals surface area contributed by atoms with E-state index in [-0.39, 0.29) is 18.0 Å². The van der Waals surface area contributed by atoms with Crippen LogP contribution in [0, 0.1) is 5.92 Å². The quantitative estimate of drug-likeness (QED) is 0.889. The van der Waals surface area contributed by atoms with E-state index in [2.05, 4.69) is 41.8 Å². The molecule has 0 saturated heterocycles. The van der Waals surface area contributed by atoms with Crippen molar-refractivity contribution in [2.45, 2.75) is 37.8 Å². The van der Waals surface area contributed by atoms with Gasteiger partial charge in [-0.3, -0.25) is 4.79 Å². The summed E-state index contributed by atoms with van der Waals surface area (Å²) in [5.74, 6) is 1.70. The summed E-state index contributed by atoms with van der Waals surface area (Å²) in [6.07, 6.45) is 0. The van der Waals surface area contributed by atoms with Crippen LogP contribution >= 0.6 is 11.8 Å². The molecular weight excluding hydrogens is 256 g/mol. The van der Waals surface area contributed by atoms with Crippen LogP contribution in [-0.2, 0) is 4.79 Å². The summed E-state index contributed by atoms with van der Waals surface area (Å²) >= 11 is 1.90. The first-order valence-corrected chi connectivity index (χ1v) is 7.81. The summed E-state index contributed by atoms with van der Waals surface area (Å²) < 4.78 is 0. The molecule has 1 aliphatic heterocycles. The molecule has 3 nitrogen and oxygen atoms in total. The largest absolute Gasteiger partial charge is 0.353 e. The van der Waals surface area contributed by atoms with E-state index in [4.69, 9.17) is 0 Å². The lowest BCUT2D eigenvalue weighted by Gasteiger charge is -2.31. The van der Waals surface area contributed by atoms with E-state index >= 15 is 0 Å². The Morgan fingerprint density at radius 3 is 2.89 bits per heavy atom. The van der Waals surface area contributed by atoms with Gasteiger partial charge in [-0.15, -0.1) is 11.8 Å². The van der Waals surface area contributed by atoms with Gasteiger partial charge in [0.2, 0.25) is 5.91 Å². The van der Waals surface area contributed by atoms with Crippen LogP contribution in [0.25, 0.3) is 0 Å². The molecule has 0 aromatic heterocycles.